The van der Waals surface area contributed by atoms with E-state index in [1.165, 1.54) is 6.92 Å². The first-order valence-corrected chi connectivity index (χ1v) is 5.36. The smallest absolute Gasteiger partial charge is 0.329 e. The Bertz CT molecular complexity index is 366. The van der Waals surface area contributed by atoms with Gasteiger partial charge in [0.15, 0.2) is 0 Å². The Labute approximate surface area is 110 Å². The molecule has 0 radical (unpaired) electrons. The number of hydrogen-bond acceptors (Lipinski definition) is 7. The number of esters is 3. The van der Waals surface area contributed by atoms with Crippen LogP contribution in [0.5, 0.6) is 0 Å². The quantitative estimate of drug-likeness (QED) is 0.490. The summed E-state index contributed by atoms with van der Waals surface area (Å²) >= 11 is 0. The number of rotatable bonds is 6. The lowest BCUT2D eigenvalue weighted by molar-refractivity contribution is -0.159. The number of nitrogens with one attached hydrogen (secondary N) is 1. The lowest BCUT2D eigenvalue weighted by atomic mass is 9.96. The van der Waals surface area contributed by atoms with Crippen molar-refractivity contribution in [2.24, 2.45) is 5.92 Å². The summed E-state index contributed by atoms with van der Waals surface area (Å²) in [6, 6.07) is -1.31. The van der Waals surface area contributed by atoms with Crippen LogP contribution in [0.15, 0.2) is 0 Å². The SMILES string of the molecule is COC(=O)C[C@H](C(=O)OC)[C@H](NC(C)=O)C(=O)OC. The summed E-state index contributed by atoms with van der Waals surface area (Å²) in [5.41, 5.74) is 0. The number of carbonyl (C=O) groups excluding carboxylic acids is 4. The zero-order valence-corrected chi connectivity index (χ0v) is 11.2. The second-order valence-corrected chi connectivity index (χ2v) is 3.61. The van der Waals surface area contributed by atoms with E-state index in [9.17, 15) is 19.2 Å². The second-order valence-electron chi connectivity index (χ2n) is 3.61. The maximum absolute atomic E-state index is 11.6. The van der Waals surface area contributed by atoms with Crippen molar-refractivity contribution in [2.75, 3.05) is 21.3 Å². The van der Waals surface area contributed by atoms with Crippen LogP contribution in [-0.4, -0.2) is 51.2 Å². The third-order valence-corrected chi connectivity index (χ3v) is 2.33. The van der Waals surface area contributed by atoms with Gasteiger partial charge in [-0.05, 0) is 0 Å². The summed E-state index contributed by atoms with van der Waals surface area (Å²) in [6.45, 7) is 1.17. The molecule has 19 heavy (non-hydrogen) atoms. The van der Waals surface area contributed by atoms with E-state index in [4.69, 9.17) is 0 Å². The van der Waals surface area contributed by atoms with E-state index in [1.807, 2.05) is 0 Å². The third kappa shape index (κ3) is 5.36. The van der Waals surface area contributed by atoms with Gasteiger partial charge in [-0.15, -0.1) is 0 Å². The first-order valence-electron chi connectivity index (χ1n) is 5.36. The van der Waals surface area contributed by atoms with Crippen LogP contribution in [-0.2, 0) is 33.4 Å². The van der Waals surface area contributed by atoms with Crippen molar-refractivity contribution in [3.05, 3.63) is 0 Å². The first-order chi connectivity index (χ1) is 8.87. The van der Waals surface area contributed by atoms with E-state index in [-0.39, 0.29) is 0 Å². The molecular weight excluding hydrogens is 258 g/mol. The van der Waals surface area contributed by atoms with Crippen molar-refractivity contribution in [2.45, 2.75) is 19.4 Å². The van der Waals surface area contributed by atoms with Gasteiger partial charge >= 0.3 is 17.9 Å². The average molecular weight is 275 g/mol. The van der Waals surface area contributed by atoms with Gasteiger partial charge in [0.05, 0.1) is 33.7 Å². The molecule has 0 rings (SSSR count). The number of hydrogen-bond donors (Lipinski definition) is 1. The molecule has 0 fully saturated rings. The van der Waals surface area contributed by atoms with Gasteiger partial charge in [-0.25, -0.2) is 4.79 Å². The van der Waals surface area contributed by atoms with Gasteiger partial charge in [0, 0.05) is 6.92 Å². The van der Waals surface area contributed by atoms with Crippen molar-refractivity contribution in [3.8, 4) is 0 Å². The van der Waals surface area contributed by atoms with Crippen LogP contribution in [0.25, 0.3) is 0 Å². The van der Waals surface area contributed by atoms with E-state index < -0.39 is 42.2 Å². The average Bonchev–Trinajstić information content (AvgIpc) is 2.40. The maximum atomic E-state index is 11.6. The molecule has 0 spiro atoms. The maximum Gasteiger partial charge on any atom is 0.329 e. The Morgan fingerprint density at radius 1 is 0.947 bits per heavy atom. The summed E-state index contributed by atoms with van der Waals surface area (Å²) in [5.74, 6) is -4.15. The summed E-state index contributed by atoms with van der Waals surface area (Å²) in [4.78, 5) is 45.5. The largest absolute Gasteiger partial charge is 0.469 e. The van der Waals surface area contributed by atoms with E-state index in [0.717, 1.165) is 21.3 Å². The van der Waals surface area contributed by atoms with Gasteiger partial charge in [0.2, 0.25) is 5.91 Å². The van der Waals surface area contributed by atoms with Crippen LogP contribution in [0, 0.1) is 5.92 Å². The van der Waals surface area contributed by atoms with Crippen molar-refractivity contribution in [1.82, 2.24) is 5.32 Å². The van der Waals surface area contributed by atoms with Gasteiger partial charge < -0.3 is 19.5 Å². The predicted molar refractivity (Wildman–Crippen MR) is 61.8 cm³/mol. The highest BCUT2D eigenvalue weighted by Crippen LogP contribution is 2.14. The standard InChI is InChI=1S/C11H17NO7/c1-6(13)12-9(11(16)19-4)7(10(15)18-3)5-8(14)17-2/h7,9H,5H2,1-4H3,(H,12,13)/t7-,9-/m0/s1. The molecule has 0 saturated heterocycles. The molecule has 8 nitrogen and oxygen atoms in total. The fourth-order valence-corrected chi connectivity index (χ4v) is 1.42. The molecule has 0 unspecified atom stereocenters. The topological polar surface area (TPSA) is 108 Å². The number of amides is 1. The minimum absolute atomic E-state index is 0.413. The third-order valence-electron chi connectivity index (χ3n) is 2.33. The van der Waals surface area contributed by atoms with Crippen molar-refractivity contribution in [3.63, 3.8) is 0 Å². The molecule has 1 amide bonds. The Balaban J connectivity index is 5.21. The Kier molecular flexibility index (Phi) is 7.16. The molecule has 0 aliphatic heterocycles. The molecule has 8 heteroatoms. The van der Waals surface area contributed by atoms with Crippen LogP contribution >= 0.6 is 0 Å². The van der Waals surface area contributed by atoms with E-state index in [2.05, 4.69) is 19.5 Å². The Morgan fingerprint density at radius 3 is 1.84 bits per heavy atom. The lowest BCUT2D eigenvalue weighted by Crippen LogP contribution is -2.49. The summed E-state index contributed by atoms with van der Waals surface area (Å²) in [6.07, 6.45) is -0.413. The molecule has 0 aromatic carbocycles. The molecule has 0 saturated carbocycles. The molecule has 0 aliphatic carbocycles. The van der Waals surface area contributed by atoms with Crippen molar-refractivity contribution < 1.29 is 33.4 Å². The Morgan fingerprint density at radius 2 is 1.47 bits per heavy atom. The fraction of sp³-hybridized carbons (Fsp3) is 0.636. The van der Waals surface area contributed by atoms with Crippen LogP contribution < -0.4 is 5.32 Å². The van der Waals surface area contributed by atoms with Gasteiger partial charge in [-0.2, -0.15) is 0 Å². The summed E-state index contributed by atoms with van der Waals surface area (Å²) in [7, 11) is 3.35. The van der Waals surface area contributed by atoms with Crippen LogP contribution in [0.3, 0.4) is 0 Å². The molecule has 1 N–H and O–H groups in total. The zero-order chi connectivity index (χ0) is 15.0. The highest BCUT2D eigenvalue weighted by atomic mass is 16.5. The van der Waals surface area contributed by atoms with Gasteiger partial charge in [-0.1, -0.05) is 0 Å². The van der Waals surface area contributed by atoms with Gasteiger partial charge in [0.25, 0.3) is 0 Å². The van der Waals surface area contributed by atoms with Crippen molar-refractivity contribution >= 4 is 23.8 Å². The highest BCUT2D eigenvalue weighted by molar-refractivity contribution is 5.90. The fourth-order valence-electron chi connectivity index (χ4n) is 1.42. The Hall–Kier alpha value is -2.12. The highest BCUT2D eigenvalue weighted by Gasteiger charge is 2.38. The minimum atomic E-state index is -1.31. The second kappa shape index (κ2) is 8.06. The van der Waals surface area contributed by atoms with Crippen LogP contribution in [0.1, 0.15) is 13.3 Å². The molecule has 0 heterocycles. The minimum Gasteiger partial charge on any atom is -0.469 e. The summed E-state index contributed by atoms with van der Waals surface area (Å²) < 4.78 is 13.4. The van der Waals surface area contributed by atoms with E-state index in [1.54, 1.807) is 0 Å². The zero-order valence-electron chi connectivity index (χ0n) is 11.2. The number of ether oxygens (including phenoxy) is 3. The normalized spacial score (nSPS) is 12.8. The van der Waals surface area contributed by atoms with E-state index in [0.29, 0.717) is 0 Å². The monoisotopic (exact) mass is 275 g/mol. The van der Waals surface area contributed by atoms with Crippen LogP contribution in [0.4, 0.5) is 0 Å². The van der Waals surface area contributed by atoms with Gasteiger partial charge in [0.1, 0.15) is 6.04 Å². The molecule has 0 bridgehead atoms. The number of methoxy groups -OCH3 is 3. The molecule has 108 valence electrons. The van der Waals surface area contributed by atoms with Crippen molar-refractivity contribution in [1.29, 1.82) is 0 Å². The summed E-state index contributed by atoms with van der Waals surface area (Å²) in [5, 5.41) is 2.25. The predicted octanol–water partition coefficient (Wildman–Crippen LogP) is -0.984. The molecule has 0 aromatic rings. The van der Waals surface area contributed by atoms with Gasteiger partial charge in [-0.3, -0.25) is 14.4 Å². The van der Waals surface area contributed by atoms with Crippen LogP contribution in [0.2, 0.25) is 0 Å². The lowest BCUT2D eigenvalue weighted by Gasteiger charge is -2.22. The molecular formula is C11H17NO7. The molecule has 0 aliphatic rings. The van der Waals surface area contributed by atoms with E-state index >= 15 is 0 Å². The molecule has 2 atom stereocenters. The molecule has 0 aromatic heterocycles. The first kappa shape index (κ1) is 16.9. The number of carbonyl (C=O) groups is 4.